The molecule has 0 radical (unpaired) electrons. The Morgan fingerprint density at radius 1 is 1.50 bits per heavy atom. The van der Waals surface area contributed by atoms with Gasteiger partial charge in [0.25, 0.3) is 0 Å². The minimum absolute atomic E-state index is 0.0702. The van der Waals surface area contributed by atoms with Crippen molar-refractivity contribution in [1.29, 1.82) is 5.26 Å². The number of nitrogens with one attached hydrogen (secondary N) is 2. The number of rotatable bonds is 2. The maximum Gasteiger partial charge on any atom is 0.391 e. The smallest absolute Gasteiger partial charge is 0.310 e. The van der Waals surface area contributed by atoms with Gasteiger partial charge in [-0.1, -0.05) is 6.42 Å². The van der Waals surface area contributed by atoms with Gasteiger partial charge >= 0.3 is 6.18 Å². The summed E-state index contributed by atoms with van der Waals surface area (Å²) in [6.45, 7) is 0. The first-order valence-electron chi connectivity index (χ1n) is 6.23. The standard InChI is InChI=1S/C12H13F3N4O/c13-12(14,15)9-3-1-2-7(4-9)11(20)18-10-8(5-16)6-17-19-10/h6-7,9H,1-4H2,(H2,17,18,19,20). The quantitative estimate of drug-likeness (QED) is 0.876. The molecule has 2 unspecified atom stereocenters. The number of hydrogen-bond donors (Lipinski definition) is 2. The summed E-state index contributed by atoms with van der Waals surface area (Å²) in [6.07, 6.45) is -2.35. The first-order valence-corrected chi connectivity index (χ1v) is 6.23. The Balaban J connectivity index is 2.01. The van der Waals surface area contributed by atoms with Gasteiger partial charge in [-0.15, -0.1) is 0 Å². The van der Waals surface area contributed by atoms with Crippen molar-refractivity contribution in [2.45, 2.75) is 31.9 Å². The van der Waals surface area contributed by atoms with E-state index in [1.165, 1.54) is 6.20 Å². The van der Waals surface area contributed by atoms with E-state index in [1.54, 1.807) is 0 Å². The van der Waals surface area contributed by atoms with Crippen LogP contribution in [0.25, 0.3) is 0 Å². The second-order valence-electron chi connectivity index (χ2n) is 4.86. The monoisotopic (exact) mass is 286 g/mol. The van der Waals surface area contributed by atoms with Gasteiger partial charge in [0.2, 0.25) is 5.91 Å². The number of aromatic amines is 1. The second-order valence-corrected chi connectivity index (χ2v) is 4.86. The predicted octanol–water partition coefficient (Wildman–Crippen LogP) is 2.59. The number of H-pyrrole nitrogens is 1. The number of amides is 1. The Bertz CT molecular complexity index is 532. The van der Waals surface area contributed by atoms with Crippen LogP contribution >= 0.6 is 0 Å². The number of hydrogen-bond acceptors (Lipinski definition) is 3. The lowest BCUT2D eigenvalue weighted by Crippen LogP contribution is -2.34. The molecule has 0 aliphatic heterocycles. The van der Waals surface area contributed by atoms with E-state index in [9.17, 15) is 18.0 Å². The molecule has 0 aromatic carbocycles. The van der Waals surface area contributed by atoms with Crippen LogP contribution in [0, 0.1) is 23.2 Å². The van der Waals surface area contributed by atoms with E-state index < -0.39 is 23.9 Å². The fraction of sp³-hybridized carbons (Fsp3) is 0.583. The number of carbonyl (C=O) groups is 1. The maximum atomic E-state index is 12.7. The van der Waals surface area contributed by atoms with Crippen LogP contribution < -0.4 is 5.32 Å². The molecule has 1 heterocycles. The van der Waals surface area contributed by atoms with Crippen LogP contribution in [0.15, 0.2) is 6.20 Å². The molecule has 2 atom stereocenters. The highest BCUT2D eigenvalue weighted by molar-refractivity contribution is 5.92. The molecule has 1 aliphatic rings. The Hall–Kier alpha value is -2.04. The van der Waals surface area contributed by atoms with Crippen molar-refractivity contribution in [3.05, 3.63) is 11.8 Å². The fourth-order valence-electron chi connectivity index (χ4n) is 2.42. The molecule has 1 aromatic rings. The third kappa shape index (κ3) is 3.10. The molecular weight excluding hydrogens is 273 g/mol. The molecule has 8 heteroatoms. The normalized spacial score (nSPS) is 23.1. The predicted molar refractivity (Wildman–Crippen MR) is 63.4 cm³/mol. The lowest BCUT2D eigenvalue weighted by molar-refractivity contribution is -0.185. The molecule has 5 nitrogen and oxygen atoms in total. The van der Waals surface area contributed by atoms with Crippen LogP contribution in [0.4, 0.5) is 19.0 Å². The van der Waals surface area contributed by atoms with E-state index >= 15 is 0 Å². The Morgan fingerprint density at radius 3 is 2.90 bits per heavy atom. The number of carbonyl (C=O) groups excluding carboxylic acids is 1. The minimum atomic E-state index is -4.26. The third-order valence-electron chi connectivity index (χ3n) is 3.52. The molecule has 1 fully saturated rings. The molecule has 1 amide bonds. The molecule has 2 rings (SSSR count). The van der Waals surface area contributed by atoms with Crippen LogP contribution in [0.3, 0.4) is 0 Å². The van der Waals surface area contributed by atoms with Gasteiger partial charge in [-0.25, -0.2) is 0 Å². The van der Waals surface area contributed by atoms with Gasteiger partial charge in [0.05, 0.1) is 12.1 Å². The van der Waals surface area contributed by atoms with E-state index in [1.807, 2.05) is 6.07 Å². The second kappa shape index (κ2) is 5.53. The SMILES string of the molecule is N#Cc1cn[nH]c1NC(=O)C1CCCC(C(F)(F)F)C1. The molecule has 1 saturated carbocycles. The molecule has 1 aliphatic carbocycles. The van der Waals surface area contributed by atoms with Crippen LogP contribution in [0.5, 0.6) is 0 Å². The van der Waals surface area contributed by atoms with E-state index in [0.717, 1.165) is 0 Å². The van der Waals surface area contributed by atoms with Crippen LogP contribution in [0.1, 0.15) is 31.2 Å². The average Bonchev–Trinajstić information content (AvgIpc) is 2.85. The summed E-state index contributed by atoms with van der Waals surface area (Å²) in [5.41, 5.74) is 0.154. The summed E-state index contributed by atoms with van der Waals surface area (Å²) < 4.78 is 38.0. The minimum Gasteiger partial charge on any atom is -0.310 e. The highest BCUT2D eigenvalue weighted by Crippen LogP contribution is 2.40. The number of alkyl halides is 3. The van der Waals surface area contributed by atoms with Crippen molar-refractivity contribution < 1.29 is 18.0 Å². The number of anilines is 1. The van der Waals surface area contributed by atoms with E-state index in [0.29, 0.717) is 12.8 Å². The first kappa shape index (κ1) is 14.4. The third-order valence-corrected chi connectivity index (χ3v) is 3.52. The van der Waals surface area contributed by atoms with Gasteiger partial charge in [0.1, 0.15) is 17.5 Å². The number of halogens is 3. The van der Waals surface area contributed by atoms with Crippen molar-refractivity contribution in [3.8, 4) is 6.07 Å². The van der Waals surface area contributed by atoms with Gasteiger partial charge < -0.3 is 5.32 Å². The van der Waals surface area contributed by atoms with Crippen molar-refractivity contribution in [2.24, 2.45) is 11.8 Å². The van der Waals surface area contributed by atoms with Gasteiger partial charge in [-0.2, -0.15) is 23.5 Å². The Labute approximate surface area is 113 Å². The van der Waals surface area contributed by atoms with Gasteiger partial charge in [0.15, 0.2) is 0 Å². The van der Waals surface area contributed by atoms with Crippen LogP contribution in [0.2, 0.25) is 0 Å². The lowest BCUT2D eigenvalue weighted by Gasteiger charge is -2.29. The first-order chi connectivity index (χ1) is 9.41. The molecule has 1 aromatic heterocycles. The van der Waals surface area contributed by atoms with Crippen molar-refractivity contribution in [2.75, 3.05) is 5.32 Å². The summed E-state index contributed by atoms with van der Waals surface area (Å²) in [5.74, 6) is -2.49. The number of nitrogens with zero attached hydrogens (tertiary/aromatic N) is 2. The highest BCUT2D eigenvalue weighted by Gasteiger charge is 2.43. The van der Waals surface area contributed by atoms with Crippen molar-refractivity contribution in [1.82, 2.24) is 10.2 Å². The zero-order chi connectivity index (χ0) is 14.8. The Morgan fingerprint density at radius 2 is 2.25 bits per heavy atom. The summed E-state index contributed by atoms with van der Waals surface area (Å²) in [4.78, 5) is 12.0. The molecule has 2 N–H and O–H groups in total. The summed E-state index contributed by atoms with van der Waals surface area (Å²) >= 11 is 0. The average molecular weight is 286 g/mol. The molecule has 0 bridgehead atoms. The molecular formula is C12H13F3N4O. The maximum absolute atomic E-state index is 12.7. The van der Waals surface area contributed by atoms with Crippen LogP contribution in [-0.2, 0) is 4.79 Å². The molecule has 108 valence electrons. The van der Waals surface area contributed by atoms with Crippen LogP contribution in [-0.4, -0.2) is 22.3 Å². The Kier molecular flexibility index (Phi) is 3.97. The summed E-state index contributed by atoms with van der Waals surface area (Å²) in [6, 6.07) is 1.83. The summed E-state index contributed by atoms with van der Waals surface area (Å²) in [5, 5.41) is 17.3. The van der Waals surface area contributed by atoms with Gasteiger partial charge in [0, 0.05) is 5.92 Å². The number of aromatic nitrogens is 2. The summed E-state index contributed by atoms with van der Waals surface area (Å²) in [7, 11) is 0. The zero-order valence-corrected chi connectivity index (χ0v) is 10.5. The van der Waals surface area contributed by atoms with Crippen molar-refractivity contribution in [3.63, 3.8) is 0 Å². The zero-order valence-electron chi connectivity index (χ0n) is 10.5. The van der Waals surface area contributed by atoms with Gasteiger partial charge in [-0.05, 0) is 19.3 Å². The molecule has 0 spiro atoms. The molecule has 20 heavy (non-hydrogen) atoms. The topological polar surface area (TPSA) is 81.6 Å². The highest BCUT2D eigenvalue weighted by atomic mass is 19.4. The fourth-order valence-corrected chi connectivity index (χ4v) is 2.42. The van der Waals surface area contributed by atoms with E-state index in [-0.39, 0.29) is 24.2 Å². The van der Waals surface area contributed by atoms with Gasteiger partial charge in [-0.3, -0.25) is 9.89 Å². The largest absolute Gasteiger partial charge is 0.391 e. The lowest BCUT2D eigenvalue weighted by atomic mass is 9.80. The van der Waals surface area contributed by atoms with Crippen molar-refractivity contribution >= 4 is 11.7 Å². The van der Waals surface area contributed by atoms with E-state index in [4.69, 9.17) is 5.26 Å². The van der Waals surface area contributed by atoms with E-state index in [2.05, 4.69) is 15.5 Å². The number of nitriles is 1. The molecule has 0 saturated heterocycles.